The third kappa shape index (κ3) is 4.01. The monoisotopic (exact) mass is 287 g/mol. The molecule has 1 aromatic carbocycles. The molecule has 0 atom stereocenters. The molecule has 1 aliphatic carbocycles. The van der Waals surface area contributed by atoms with Crippen LogP contribution < -0.4 is 5.32 Å². The average Bonchev–Trinajstić information content (AvgIpc) is 2.84. The molecule has 1 nitrogen and oxygen atoms in total. The van der Waals surface area contributed by atoms with Crippen molar-refractivity contribution in [1.29, 1.82) is 0 Å². The van der Waals surface area contributed by atoms with Gasteiger partial charge in [-0.25, -0.2) is 0 Å². The molecule has 1 saturated carbocycles. The summed E-state index contributed by atoms with van der Waals surface area (Å²) in [5.41, 5.74) is 1.13. The molecular formula is C13H18ClNS2. The average molecular weight is 288 g/mol. The number of hydrogen-bond donors (Lipinski definition) is 1. The fourth-order valence-corrected chi connectivity index (χ4v) is 5.01. The first-order chi connectivity index (χ1) is 8.29. The Balaban J connectivity index is 1.85. The van der Waals surface area contributed by atoms with E-state index in [4.69, 9.17) is 11.6 Å². The Hall–Kier alpha value is 0.01000. The van der Waals surface area contributed by atoms with Crippen molar-refractivity contribution in [3.63, 3.8) is 0 Å². The van der Waals surface area contributed by atoms with Gasteiger partial charge in [0.05, 0.1) is 0 Å². The van der Waals surface area contributed by atoms with Crippen molar-refractivity contribution >= 4 is 38.9 Å². The fraction of sp³-hybridized carbons (Fsp3) is 0.538. The maximum absolute atomic E-state index is 5.98. The topological polar surface area (TPSA) is 12.0 Å². The summed E-state index contributed by atoms with van der Waals surface area (Å²) in [5, 5.41) is 3.99. The summed E-state index contributed by atoms with van der Waals surface area (Å²) in [6.45, 7) is 0. The zero-order chi connectivity index (χ0) is 12.1. The Morgan fingerprint density at radius 1 is 1.35 bits per heavy atom. The number of nitrogens with one attached hydrogen (secondary N) is 1. The van der Waals surface area contributed by atoms with Crippen LogP contribution in [0.1, 0.15) is 25.7 Å². The second kappa shape index (κ2) is 6.81. The van der Waals surface area contributed by atoms with Crippen LogP contribution in [0.4, 0.5) is 5.69 Å². The SMILES string of the molecule is CNc1cc(Cl)ccc1SSCC1CCCC1. The summed E-state index contributed by atoms with van der Waals surface area (Å²) < 4.78 is 0. The summed E-state index contributed by atoms with van der Waals surface area (Å²) in [7, 11) is 5.78. The molecule has 0 bridgehead atoms. The van der Waals surface area contributed by atoms with Crippen LogP contribution in [-0.4, -0.2) is 12.8 Å². The van der Waals surface area contributed by atoms with Crippen molar-refractivity contribution in [2.24, 2.45) is 5.92 Å². The minimum absolute atomic E-state index is 0.791. The van der Waals surface area contributed by atoms with Crippen molar-refractivity contribution in [3.8, 4) is 0 Å². The largest absolute Gasteiger partial charge is 0.387 e. The maximum Gasteiger partial charge on any atom is 0.0499 e. The van der Waals surface area contributed by atoms with E-state index < -0.39 is 0 Å². The van der Waals surface area contributed by atoms with Crippen LogP contribution in [0.15, 0.2) is 23.1 Å². The minimum Gasteiger partial charge on any atom is -0.387 e. The molecule has 0 aliphatic heterocycles. The van der Waals surface area contributed by atoms with Gasteiger partial charge in [-0.05, 0) is 37.0 Å². The van der Waals surface area contributed by atoms with Gasteiger partial charge >= 0.3 is 0 Å². The summed E-state index contributed by atoms with van der Waals surface area (Å²) in [5.74, 6) is 2.22. The molecule has 17 heavy (non-hydrogen) atoms. The van der Waals surface area contributed by atoms with Gasteiger partial charge in [0.2, 0.25) is 0 Å². The highest BCUT2D eigenvalue weighted by Gasteiger charge is 2.15. The van der Waals surface area contributed by atoms with Crippen LogP contribution in [0.25, 0.3) is 0 Å². The number of hydrogen-bond acceptors (Lipinski definition) is 3. The van der Waals surface area contributed by atoms with Gasteiger partial charge in [-0.1, -0.05) is 46.0 Å². The molecule has 0 heterocycles. The van der Waals surface area contributed by atoms with E-state index in [1.807, 2.05) is 40.8 Å². The number of halogens is 1. The van der Waals surface area contributed by atoms with Gasteiger partial charge in [-0.15, -0.1) is 0 Å². The lowest BCUT2D eigenvalue weighted by Gasteiger charge is -2.10. The molecule has 1 fully saturated rings. The zero-order valence-corrected chi connectivity index (χ0v) is 12.4. The van der Waals surface area contributed by atoms with E-state index in [1.54, 1.807) is 0 Å². The van der Waals surface area contributed by atoms with Gasteiger partial charge in [0, 0.05) is 28.4 Å². The first-order valence-electron chi connectivity index (χ1n) is 6.06. The Morgan fingerprint density at radius 3 is 2.82 bits per heavy atom. The normalized spacial score (nSPS) is 16.4. The second-order valence-corrected chi connectivity index (χ2v) is 7.23. The van der Waals surface area contributed by atoms with Crippen molar-refractivity contribution in [3.05, 3.63) is 23.2 Å². The van der Waals surface area contributed by atoms with E-state index in [1.165, 1.54) is 36.3 Å². The smallest absolute Gasteiger partial charge is 0.0499 e. The third-order valence-corrected chi connectivity index (χ3v) is 5.93. The first-order valence-corrected chi connectivity index (χ1v) is 8.76. The summed E-state index contributed by atoms with van der Waals surface area (Å²) in [6, 6.07) is 6.04. The van der Waals surface area contributed by atoms with Gasteiger partial charge in [0.1, 0.15) is 0 Å². The highest BCUT2D eigenvalue weighted by atomic mass is 35.5. The molecule has 4 heteroatoms. The van der Waals surface area contributed by atoms with E-state index >= 15 is 0 Å². The van der Waals surface area contributed by atoms with Crippen LogP contribution in [0.3, 0.4) is 0 Å². The van der Waals surface area contributed by atoms with Crippen LogP contribution in [0, 0.1) is 5.92 Å². The fourth-order valence-electron chi connectivity index (χ4n) is 2.14. The number of rotatable bonds is 5. The molecule has 0 unspecified atom stereocenters. The zero-order valence-electron chi connectivity index (χ0n) is 10.0. The highest BCUT2D eigenvalue weighted by molar-refractivity contribution is 8.76. The number of benzene rings is 1. The molecule has 1 aromatic rings. The van der Waals surface area contributed by atoms with Crippen molar-refractivity contribution in [2.75, 3.05) is 18.1 Å². The molecule has 2 rings (SSSR count). The minimum atomic E-state index is 0.791. The van der Waals surface area contributed by atoms with E-state index in [0.29, 0.717) is 0 Å². The lowest BCUT2D eigenvalue weighted by atomic mass is 10.1. The molecule has 0 amide bonds. The standard InChI is InChI=1S/C13H18ClNS2/c1-15-12-8-11(14)6-7-13(12)17-16-9-10-4-2-3-5-10/h6-8,10,15H,2-5,9H2,1H3. The van der Waals surface area contributed by atoms with Crippen molar-refractivity contribution in [2.45, 2.75) is 30.6 Å². The predicted octanol–water partition coefficient (Wildman–Crippen LogP) is 5.31. The highest BCUT2D eigenvalue weighted by Crippen LogP contribution is 2.40. The summed E-state index contributed by atoms with van der Waals surface area (Å²) >= 11 is 5.98. The van der Waals surface area contributed by atoms with Gasteiger partial charge in [0.25, 0.3) is 0 Å². The quantitative estimate of drug-likeness (QED) is 0.737. The van der Waals surface area contributed by atoms with E-state index in [0.717, 1.165) is 16.6 Å². The summed E-state index contributed by atoms with van der Waals surface area (Å²) in [6.07, 6.45) is 5.71. The van der Waals surface area contributed by atoms with Gasteiger partial charge in [-0.3, -0.25) is 0 Å². The van der Waals surface area contributed by atoms with Crippen molar-refractivity contribution in [1.82, 2.24) is 0 Å². The van der Waals surface area contributed by atoms with Crippen molar-refractivity contribution < 1.29 is 0 Å². The second-order valence-electron chi connectivity index (χ2n) is 4.41. The lowest BCUT2D eigenvalue weighted by molar-refractivity contribution is 0.624. The molecular weight excluding hydrogens is 270 g/mol. The molecule has 0 radical (unpaired) electrons. The van der Waals surface area contributed by atoms with Gasteiger partial charge in [0.15, 0.2) is 0 Å². The van der Waals surface area contributed by atoms with E-state index in [9.17, 15) is 0 Å². The Bertz CT molecular complexity index is 364. The van der Waals surface area contributed by atoms with Crippen LogP contribution in [-0.2, 0) is 0 Å². The molecule has 1 N–H and O–H groups in total. The Labute approximate surface area is 116 Å². The number of anilines is 1. The molecule has 94 valence electrons. The Kier molecular flexibility index (Phi) is 5.39. The lowest BCUT2D eigenvalue weighted by Crippen LogP contribution is -1.95. The molecule has 0 spiro atoms. The molecule has 0 saturated heterocycles. The van der Waals surface area contributed by atoms with Crippen LogP contribution in [0.2, 0.25) is 5.02 Å². The van der Waals surface area contributed by atoms with E-state index in [-0.39, 0.29) is 0 Å². The maximum atomic E-state index is 5.98. The van der Waals surface area contributed by atoms with Gasteiger partial charge < -0.3 is 5.32 Å². The van der Waals surface area contributed by atoms with Crippen LogP contribution in [0.5, 0.6) is 0 Å². The Morgan fingerprint density at radius 2 is 2.12 bits per heavy atom. The molecule has 1 aliphatic rings. The predicted molar refractivity (Wildman–Crippen MR) is 81.3 cm³/mol. The first kappa shape index (κ1) is 13.4. The van der Waals surface area contributed by atoms with E-state index in [2.05, 4.69) is 11.4 Å². The third-order valence-electron chi connectivity index (χ3n) is 3.14. The summed E-state index contributed by atoms with van der Waals surface area (Å²) in [4.78, 5) is 1.28. The van der Waals surface area contributed by atoms with Crippen LogP contribution >= 0.6 is 33.2 Å². The molecule has 0 aromatic heterocycles. The van der Waals surface area contributed by atoms with Gasteiger partial charge in [-0.2, -0.15) is 0 Å².